The lowest BCUT2D eigenvalue weighted by atomic mass is 10.2. The van der Waals surface area contributed by atoms with Crippen LogP contribution < -0.4 is 5.43 Å². The SMILES string of the molecule is Cc1cc(C)n(Cc2ccccc2F)c1C(=O)NN1CCCC1. The summed E-state index contributed by atoms with van der Waals surface area (Å²) < 4.78 is 15.8. The minimum atomic E-state index is -0.246. The Morgan fingerprint density at radius 1 is 1.22 bits per heavy atom. The number of hydrogen-bond donors (Lipinski definition) is 1. The molecule has 1 aromatic carbocycles. The monoisotopic (exact) mass is 315 g/mol. The molecule has 0 aliphatic carbocycles. The van der Waals surface area contributed by atoms with E-state index in [1.165, 1.54) is 6.07 Å². The summed E-state index contributed by atoms with van der Waals surface area (Å²) in [6.07, 6.45) is 2.21. The number of nitrogens with zero attached hydrogens (tertiary/aromatic N) is 2. The average molecular weight is 315 g/mol. The van der Waals surface area contributed by atoms with Crippen molar-refractivity contribution in [1.29, 1.82) is 0 Å². The van der Waals surface area contributed by atoms with Gasteiger partial charge in [0.25, 0.3) is 5.91 Å². The number of hydrogen-bond acceptors (Lipinski definition) is 2. The van der Waals surface area contributed by atoms with Crippen molar-refractivity contribution < 1.29 is 9.18 Å². The number of rotatable bonds is 4. The predicted octanol–water partition coefficient (Wildman–Crippen LogP) is 3.03. The number of benzene rings is 1. The van der Waals surface area contributed by atoms with E-state index in [0.717, 1.165) is 37.2 Å². The highest BCUT2D eigenvalue weighted by molar-refractivity contribution is 5.94. The maximum absolute atomic E-state index is 14.0. The van der Waals surface area contributed by atoms with Gasteiger partial charge in [0.2, 0.25) is 0 Å². The van der Waals surface area contributed by atoms with Crippen molar-refractivity contribution in [2.45, 2.75) is 33.2 Å². The highest BCUT2D eigenvalue weighted by Gasteiger charge is 2.21. The van der Waals surface area contributed by atoms with E-state index in [1.54, 1.807) is 12.1 Å². The zero-order valence-corrected chi connectivity index (χ0v) is 13.6. The van der Waals surface area contributed by atoms with Crippen LogP contribution in [0.25, 0.3) is 0 Å². The van der Waals surface area contributed by atoms with Gasteiger partial charge in [0, 0.05) is 24.3 Å². The summed E-state index contributed by atoms with van der Waals surface area (Å²) in [7, 11) is 0. The molecule has 1 amide bonds. The van der Waals surface area contributed by atoms with Crippen molar-refractivity contribution in [3.05, 3.63) is 58.7 Å². The Kier molecular flexibility index (Phi) is 4.48. The van der Waals surface area contributed by atoms with E-state index in [0.29, 0.717) is 17.8 Å². The second-order valence-electron chi connectivity index (χ2n) is 6.13. The van der Waals surface area contributed by atoms with Gasteiger partial charge in [-0.3, -0.25) is 10.2 Å². The molecule has 3 rings (SSSR count). The number of carbonyl (C=O) groups is 1. The molecule has 5 heteroatoms. The van der Waals surface area contributed by atoms with Crippen molar-refractivity contribution >= 4 is 5.91 Å². The maximum Gasteiger partial charge on any atom is 0.282 e. The summed E-state index contributed by atoms with van der Waals surface area (Å²) in [5, 5.41) is 1.96. The number of carbonyl (C=O) groups excluding carboxylic acids is 1. The first-order valence-electron chi connectivity index (χ1n) is 8.02. The number of nitrogens with one attached hydrogen (secondary N) is 1. The lowest BCUT2D eigenvalue weighted by molar-refractivity contribution is 0.0815. The van der Waals surface area contributed by atoms with Crippen molar-refractivity contribution in [1.82, 2.24) is 15.0 Å². The predicted molar refractivity (Wildman–Crippen MR) is 87.7 cm³/mol. The molecule has 0 spiro atoms. The highest BCUT2D eigenvalue weighted by atomic mass is 19.1. The molecular formula is C18H22FN3O. The first-order valence-corrected chi connectivity index (χ1v) is 8.02. The fourth-order valence-corrected chi connectivity index (χ4v) is 3.18. The number of amides is 1. The number of aryl methyl sites for hydroxylation is 2. The Morgan fingerprint density at radius 2 is 1.91 bits per heavy atom. The molecule has 0 atom stereocenters. The molecule has 1 aliphatic heterocycles. The average Bonchev–Trinajstić information content (AvgIpc) is 3.10. The fraction of sp³-hybridized carbons (Fsp3) is 0.389. The van der Waals surface area contributed by atoms with Gasteiger partial charge >= 0.3 is 0 Å². The third kappa shape index (κ3) is 3.29. The van der Waals surface area contributed by atoms with Crippen molar-refractivity contribution in [2.24, 2.45) is 0 Å². The van der Waals surface area contributed by atoms with Crippen molar-refractivity contribution in [3.8, 4) is 0 Å². The third-order valence-corrected chi connectivity index (χ3v) is 4.36. The Bertz CT molecular complexity index is 717. The topological polar surface area (TPSA) is 37.3 Å². The normalized spacial score (nSPS) is 15.1. The molecule has 0 saturated carbocycles. The quantitative estimate of drug-likeness (QED) is 0.941. The summed E-state index contributed by atoms with van der Waals surface area (Å²) >= 11 is 0. The van der Waals surface area contributed by atoms with Gasteiger partial charge in [-0.05, 0) is 44.4 Å². The summed E-state index contributed by atoms with van der Waals surface area (Å²) in [6.45, 7) is 5.99. The van der Waals surface area contributed by atoms with E-state index in [9.17, 15) is 9.18 Å². The fourth-order valence-electron chi connectivity index (χ4n) is 3.18. The molecule has 1 saturated heterocycles. The maximum atomic E-state index is 14.0. The molecule has 2 heterocycles. The minimum Gasteiger partial charge on any atom is -0.336 e. The van der Waals surface area contributed by atoms with Gasteiger partial charge in [0.15, 0.2) is 0 Å². The van der Waals surface area contributed by atoms with Crippen LogP contribution in [0.4, 0.5) is 4.39 Å². The van der Waals surface area contributed by atoms with Gasteiger partial charge in [0.1, 0.15) is 11.5 Å². The molecule has 0 bridgehead atoms. The number of hydrazine groups is 1. The van der Waals surface area contributed by atoms with Gasteiger partial charge in [-0.2, -0.15) is 0 Å². The Balaban J connectivity index is 1.88. The lowest BCUT2D eigenvalue weighted by Crippen LogP contribution is -2.41. The standard InChI is InChI=1S/C18H22FN3O/c1-13-11-14(2)22(12-15-7-3-4-8-16(15)19)17(13)18(23)20-21-9-5-6-10-21/h3-4,7-8,11H,5-6,9-10,12H2,1-2H3,(H,20,23). The number of halogens is 1. The second-order valence-corrected chi connectivity index (χ2v) is 6.13. The molecule has 2 aromatic rings. The van der Waals surface area contributed by atoms with Gasteiger partial charge in [-0.15, -0.1) is 0 Å². The molecule has 1 aromatic heterocycles. The van der Waals surface area contributed by atoms with E-state index in [1.807, 2.05) is 35.6 Å². The summed E-state index contributed by atoms with van der Waals surface area (Å²) in [5.41, 5.74) is 6.03. The van der Waals surface area contributed by atoms with Gasteiger partial charge in [0.05, 0.1) is 6.54 Å². The lowest BCUT2D eigenvalue weighted by Gasteiger charge is -2.18. The van der Waals surface area contributed by atoms with Crippen LogP contribution in [-0.4, -0.2) is 28.6 Å². The van der Waals surface area contributed by atoms with E-state index in [-0.39, 0.29) is 11.7 Å². The smallest absolute Gasteiger partial charge is 0.282 e. The van der Waals surface area contributed by atoms with Crippen molar-refractivity contribution in [3.63, 3.8) is 0 Å². The van der Waals surface area contributed by atoms with E-state index >= 15 is 0 Å². The Hall–Kier alpha value is -2.14. The second kappa shape index (κ2) is 6.54. The Labute approximate surface area is 135 Å². The summed E-state index contributed by atoms with van der Waals surface area (Å²) in [6, 6.07) is 8.67. The van der Waals surface area contributed by atoms with Crippen LogP contribution in [0.15, 0.2) is 30.3 Å². The molecule has 0 radical (unpaired) electrons. The Morgan fingerprint density at radius 3 is 2.61 bits per heavy atom. The summed E-state index contributed by atoms with van der Waals surface area (Å²) in [4.78, 5) is 12.7. The molecule has 122 valence electrons. The van der Waals surface area contributed by atoms with Gasteiger partial charge in [-0.1, -0.05) is 18.2 Å². The van der Waals surface area contributed by atoms with Crippen LogP contribution in [-0.2, 0) is 6.54 Å². The summed E-state index contributed by atoms with van der Waals surface area (Å²) in [5.74, 6) is -0.363. The third-order valence-electron chi connectivity index (χ3n) is 4.36. The van der Waals surface area contributed by atoms with Gasteiger partial charge in [-0.25, -0.2) is 9.40 Å². The van der Waals surface area contributed by atoms with Gasteiger partial charge < -0.3 is 4.57 Å². The largest absolute Gasteiger partial charge is 0.336 e. The first kappa shape index (κ1) is 15.7. The van der Waals surface area contributed by atoms with E-state index < -0.39 is 0 Å². The molecule has 1 aliphatic rings. The number of aromatic nitrogens is 1. The zero-order chi connectivity index (χ0) is 16.4. The van der Waals surface area contributed by atoms with E-state index in [2.05, 4.69) is 5.43 Å². The van der Waals surface area contributed by atoms with Crippen LogP contribution in [0.1, 0.15) is 40.2 Å². The highest BCUT2D eigenvalue weighted by Crippen LogP contribution is 2.19. The molecule has 0 unspecified atom stereocenters. The molecule has 23 heavy (non-hydrogen) atoms. The molecule has 4 nitrogen and oxygen atoms in total. The van der Waals surface area contributed by atoms with Crippen LogP contribution in [0.5, 0.6) is 0 Å². The van der Waals surface area contributed by atoms with Crippen LogP contribution in [0.3, 0.4) is 0 Å². The minimum absolute atomic E-state index is 0.117. The van der Waals surface area contributed by atoms with Crippen LogP contribution in [0.2, 0.25) is 0 Å². The van der Waals surface area contributed by atoms with Crippen LogP contribution >= 0.6 is 0 Å². The zero-order valence-electron chi connectivity index (χ0n) is 13.6. The molecule has 1 N–H and O–H groups in total. The van der Waals surface area contributed by atoms with E-state index in [4.69, 9.17) is 0 Å². The molecular weight excluding hydrogens is 293 g/mol. The van der Waals surface area contributed by atoms with Crippen LogP contribution in [0, 0.1) is 19.7 Å². The molecule has 1 fully saturated rings. The first-order chi connectivity index (χ1) is 11.1. The van der Waals surface area contributed by atoms with Crippen molar-refractivity contribution in [2.75, 3.05) is 13.1 Å².